The Hall–Kier alpha value is -2.28. The van der Waals surface area contributed by atoms with E-state index in [4.69, 9.17) is 4.74 Å². The highest BCUT2D eigenvalue weighted by Crippen LogP contribution is 2.20. The molecule has 3 rings (SSSR count). The number of hydrogen-bond acceptors (Lipinski definition) is 5. The van der Waals surface area contributed by atoms with Gasteiger partial charge in [-0.2, -0.15) is 5.10 Å². The maximum atomic E-state index is 12.3. The van der Waals surface area contributed by atoms with Gasteiger partial charge < -0.3 is 14.6 Å². The lowest BCUT2D eigenvalue weighted by molar-refractivity contribution is 0.0598. The van der Waals surface area contributed by atoms with Gasteiger partial charge in [-0.05, 0) is 31.7 Å². The van der Waals surface area contributed by atoms with E-state index in [9.17, 15) is 4.79 Å². The molecule has 7 nitrogen and oxygen atoms in total. The topological polar surface area (TPSA) is 81.9 Å². The minimum atomic E-state index is -0.185. The SMILES string of the molecule is COC1CCC(NC(=O)c2cc(-n3ccnc3)cnn2)CC1. The molecule has 1 fully saturated rings. The summed E-state index contributed by atoms with van der Waals surface area (Å²) in [5.74, 6) is -0.185. The summed E-state index contributed by atoms with van der Waals surface area (Å²) in [5.41, 5.74) is 1.08. The van der Waals surface area contributed by atoms with Crippen LogP contribution in [0.1, 0.15) is 36.2 Å². The number of imidazole rings is 1. The van der Waals surface area contributed by atoms with Crippen molar-refractivity contribution in [3.63, 3.8) is 0 Å². The normalized spacial score (nSPS) is 21.5. The summed E-state index contributed by atoms with van der Waals surface area (Å²) in [6.07, 6.45) is 10.9. The summed E-state index contributed by atoms with van der Waals surface area (Å²) in [7, 11) is 1.74. The summed E-state index contributed by atoms with van der Waals surface area (Å²) < 4.78 is 7.13. The number of rotatable bonds is 4. The Kier molecular flexibility index (Phi) is 4.43. The largest absolute Gasteiger partial charge is 0.381 e. The molecule has 0 saturated heterocycles. The van der Waals surface area contributed by atoms with E-state index in [1.807, 2.05) is 0 Å². The van der Waals surface area contributed by atoms with Crippen LogP contribution in [0.15, 0.2) is 31.0 Å². The van der Waals surface area contributed by atoms with E-state index in [1.54, 1.807) is 42.7 Å². The number of amides is 1. The Morgan fingerprint density at radius 1 is 1.36 bits per heavy atom. The number of carbonyl (C=O) groups is 1. The molecule has 0 atom stereocenters. The first-order chi connectivity index (χ1) is 10.8. The van der Waals surface area contributed by atoms with Crippen LogP contribution in [-0.2, 0) is 4.74 Å². The van der Waals surface area contributed by atoms with Gasteiger partial charge in [0.2, 0.25) is 0 Å². The van der Waals surface area contributed by atoms with Crippen LogP contribution in [0.5, 0.6) is 0 Å². The highest BCUT2D eigenvalue weighted by atomic mass is 16.5. The Bertz CT molecular complexity index is 621. The minimum Gasteiger partial charge on any atom is -0.381 e. The van der Waals surface area contributed by atoms with E-state index >= 15 is 0 Å². The zero-order chi connectivity index (χ0) is 15.4. The lowest BCUT2D eigenvalue weighted by Gasteiger charge is -2.28. The van der Waals surface area contributed by atoms with Crippen LogP contribution in [0.2, 0.25) is 0 Å². The van der Waals surface area contributed by atoms with Crippen LogP contribution < -0.4 is 5.32 Å². The van der Waals surface area contributed by atoms with Crippen LogP contribution >= 0.6 is 0 Å². The first kappa shape index (κ1) is 14.6. The summed E-state index contributed by atoms with van der Waals surface area (Å²) in [5, 5.41) is 10.9. The van der Waals surface area contributed by atoms with Crippen LogP contribution in [0.3, 0.4) is 0 Å². The molecule has 1 N–H and O–H groups in total. The molecule has 0 unspecified atom stereocenters. The number of aromatic nitrogens is 4. The third kappa shape index (κ3) is 3.30. The molecule has 2 aromatic heterocycles. The standard InChI is InChI=1S/C15H19N5O2/c1-22-13-4-2-11(3-5-13)18-15(21)14-8-12(9-17-19-14)20-7-6-16-10-20/h6-11,13H,2-5H2,1H3,(H,18,21). The van der Waals surface area contributed by atoms with Crippen LogP contribution in [0.25, 0.3) is 5.69 Å². The van der Waals surface area contributed by atoms with Gasteiger partial charge in [0.15, 0.2) is 5.69 Å². The van der Waals surface area contributed by atoms with E-state index in [-0.39, 0.29) is 11.9 Å². The van der Waals surface area contributed by atoms with Crippen molar-refractivity contribution in [2.45, 2.75) is 37.8 Å². The fourth-order valence-electron chi connectivity index (χ4n) is 2.72. The second-order valence-corrected chi connectivity index (χ2v) is 5.45. The fourth-order valence-corrected chi connectivity index (χ4v) is 2.72. The number of hydrogen-bond donors (Lipinski definition) is 1. The van der Waals surface area contributed by atoms with Crippen LogP contribution in [0.4, 0.5) is 0 Å². The minimum absolute atomic E-state index is 0.178. The van der Waals surface area contributed by atoms with Crippen molar-refractivity contribution in [2.75, 3.05) is 7.11 Å². The summed E-state index contributed by atoms with van der Waals surface area (Å²) >= 11 is 0. The molecular formula is C15H19N5O2. The van der Waals surface area contributed by atoms with Gasteiger partial charge in [0.05, 0.1) is 24.3 Å². The Morgan fingerprint density at radius 2 is 2.18 bits per heavy atom. The monoisotopic (exact) mass is 301 g/mol. The maximum absolute atomic E-state index is 12.3. The van der Waals surface area contributed by atoms with Crippen molar-refractivity contribution >= 4 is 5.91 Å². The Morgan fingerprint density at radius 3 is 2.86 bits per heavy atom. The molecule has 0 radical (unpaired) electrons. The predicted octanol–water partition coefficient (Wildman–Crippen LogP) is 1.35. The zero-order valence-corrected chi connectivity index (χ0v) is 12.5. The molecule has 1 amide bonds. The van der Waals surface area contributed by atoms with Crippen molar-refractivity contribution in [1.29, 1.82) is 0 Å². The molecule has 2 heterocycles. The van der Waals surface area contributed by atoms with Crippen molar-refractivity contribution < 1.29 is 9.53 Å². The number of ether oxygens (including phenoxy) is 1. The number of carbonyl (C=O) groups excluding carboxylic acids is 1. The number of nitrogens with zero attached hydrogens (tertiary/aromatic N) is 4. The average molecular weight is 301 g/mol. The van der Waals surface area contributed by atoms with Gasteiger partial charge in [0.25, 0.3) is 5.91 Å². The average Bonchev–Trinajstić information content (AvgIpc) is 3.10. The molecule has 116 valence electrons. The van der Waals surface area contributed by atoms with E-state index in [1.165, 1.54) is 0 Å². The molecule has 0 aliphatic heterocycles. The van der Waals surface area contributed by atoms with Gasteiger partial charge in [0.1, 0.15) is 0 Å². The van der Waals surface area contributed by atoms with Gasteiger partial charge in [-0.3, -0.25) is 4.79 Å². The third-order valence-electron chi connectivity index (χ3n) is 4.02. The van der Waals surface area contributed by atoms with E-state index in [2.05, 4.69) is 20.5 Å². The van der Waals surface area contributed by atoms with Crippen molar-refractivity contribution in [2.24, 2.45) is 0 Å². The predicted molar refractivity (Wildman–Crippen MR) is 79.7 cm³/mol. The molecular weight excluding hydrogens is 282 g/mol. The second-order valence-electron chi connectivity index (χ2n) is 5.45. The van der Waals surface area contributed by atoms with Crippen molar-refractivity contribution in [1.82, 2.24) is 25.1 Å². The molecule has 0 aromatic carbocycles. The smallest absolute Gasteiger partial charge is 0.272 e. The first-order valence-corrected chi connectivity index (χ1v) is 7.41. The second kappa shape index (κ2) is 6.65. The van der Waals surface area contributed by atoms with E-state index < -0.39 is 0 Å². The Labute approximate surface area is 128 Å². The molecule has 0 bridgehead atoms. The van der Waals surface area contributed by atoms with Gasteiger partial charge in [-0.15, -0.1) is 5.10 Å². The maximum Gasteiger partial charge on any atom is 0.272 e. The molecule has 2 aromatic rings. The van der Waals surface area contributed by atoms with Crippen LogP contribution in [0, 0.1) is 0 Å². The highest BCUT2D eigenvalue weighted by molar-refractivity contribution is 5.92. The van der Waals surface area contributed by atoms with E-state index in [0.29, 0.717) is 11.8 Å². The zero-order valence-electron chi connectivity index (χ0n) is 12.5. The fraction of sp³-hybridized carbons (Fsp3) is 0.467. The summed E-state index contributed by atoms with van der Waals surface area (Å²) in [4.78, 5) is 16.3. The third-order valence-corrected chi connectivity index (χ3v) is 4.02. The highest BCUT2D eigenvalue weighted by Gasteiger charge is 2.23. The molecule has 7 heteroatoms. The van der Waals surface area contributed by atoms with E-state index in [0.717, 1.165) is 31.4 Å². The van der Waals surface area contributed by atoms with Crippen LogP contribution in [-0.4, -0.2) is 44.9 Å². The van der Waals surface area contributed by atoms with Gasteiger partial charge in [-0.1, -0.05) is 0 Å². The van der Waals surface area contributed by atoms with Gasteiger partial charge in [-0.25, -0.2) is 4.98 Å². The molecule has 1 aliphatic rings. The lowest BCUT2D eigenvalue weighted by atomic mass is 9.93. The molecule has 1 saturated carbocycles. The van der Waals surface area contributed by atoms with Gasteiger partial charge in [0, 0.05) is 25.5 Å². The Balaban J connectivity index is 1.64. The summed E-state index contributed by atoms with van der Waals surface area (Å²) in [6, 6.07) is 1.89. The molecule has 0 spiro atoms. The number of methoxy groups -OCH3 is 1. The first-order valence-electron chi connectivity index (χ1n) is 7.41. The van der Waals surface area contributed by atoms with Crippen molar-refractivity contribution in [3.8, 4) is 5.69 Å². The quantitative estimate of drug-likeness (QED) is 0.922. The lowest BCUT2D eigenvalue weighted by Crippen LogP contribution is -2.39. The summed E-state index contributed by atoms with van der Waals surface area (Å²) in [6.45, 7) is 0. The van der Waals surface area contributed by atoms with Crippen molar-refractivity contribution in [3.05, 3.63) is 36.7 Å². The van der Waals surface area contributed by atoms with Gasteiger partial charge >= 0.3 is 0 Å². The molecule has 1 aliphatic carbocycles. The molecule has 22 heavy (non-hydrogen) atoms. The number of nitrogens with one attached hydrogen (secondary N) is 1.